The fourth-order valence-electron chi connectivity index (χ4n) is 3.08. The van der Waals surface area contributed by atoms with E-state index in [0.29, 0.717) is 43.2 Å². The van der Waals surface area contributed by atoms with Gasteiger partial charge >= 0.3 is 0 Å². The van der Waals surface area contributed by atoms with Crippen molar-refractivity contribution in [2.45, 2.75) is 25.8 Å². The van der Waals surface area contributed by atoms with Crippen LogP contribution in [-0.2, 0) is 17.8 Å². The van der Waals surface area contributed by atoms with Gasteiger partial charge in [0, 0.05) is 32.0 Å². The number of benzene rings is 2. The molecule has 1 heterocycles. The van der Waals surface area contributed by atoms with Crippen molar-refractivity contribution in [2.24, 2.45) is 0 Å². The van der Waals surface area contributed by atoms with E-state index in [4.69, 9.17) is 13.9 Å². The molecule has 6 nitrogen and oxygen atoms in total. The van der Waals surface area contributed by atoms with Crippen LogP contribution in [-0.4, -0.2) is 37.1 Å². The highest BCUT2D eigenvalue weighted by Gasteiger charge is 2.13. The molecule has 0 N–H and O–H groups in total. The van der Waals surface area contributed by atoms with Gasteiger partial charge in [-0.25, -0.2) is 4.98 Å². The Labute approximate surface area is 171 Å². The van der Waals surface area contributed by atoms with E-state index in [1.54, 1.807) is 32.4 Å². The van der Waals surface area contributed by atoms with E-state index in [9.17, 15) is 4.79 Å². The number of hydrogen-bond donors (Lipinski definition) is 0. The molecule has 0 saturated heterocycles. The molecule has 6 heteroatoms. The number of methoxy groups -OCH3 is 2. The fourth-order valence-corrected chi connectivity index (χ4v) is 3.08. The smallest absolute Gasteiger partial charge is 0.222 e. The summed E-state index contributed by atoms with van der Waals surface area (Å²) in [4.78, 5) is 18.5. The second-order valence-electron chi connectivity index (χ2n) is 6.78. The maximum Gasteiger partial charge on any atom is 0.222 e. The van der Waals surface area contributed by atoms with E-state index in [2.05, 4.69) is 4.98 Å². The van der Waals surface area contributed by atoms with Gasteiger partial charge in [0.2, 0.25) is 5.91 Å². The summed E-state index contributed by atoms with van der Waals surface area (Å²) in [6.45, 7) is 0.510. The van der Waals surface area contributed by atoms with Gasteiger partial charge in [-0.05, 0) is 24.1 Å². The molecule has 2 aromatic carbocycles. The van der Waals surface area contributed by atoms with E-state index >= 15 is 0 Å². The maximum atomic E-state index is 12.5. The zero-order valence-corrected chi connectivity index (χ0v) is 17.1. The maximum absolute atomic E-state index is 12.5. The number of aryl methyl sites for hydroxylation is 1. The Balaban J connectivity index is 1.49. The number of rotatable bonds is 9. The van der Waals surface area contributed by atoms with Crippen LogP contribution in [0, 0.1) is 0 Å². The molecule has 0 bridgehead atoms. The van der Waals surface area contributed by atoms with Gasteiger partial charge in [0.05, 0.1) is 20.4 Å². The predicted molar refractivity (Wildman–Crippen MR) is 111 cm³/mol. The highest BCUT2D eigenvalue weighted by Crippen LogP contribution is 2.28. The summed E-state index contributed by atoms with van der Waals surface area (Å²) in [5.41, 5.74) is 1.98. The second kappa shape index (κ2) is 9.78. The van der Waals surface area contributed by atoms with Gasteiger partial charge in [0.1, 0.15) is 0 Å². The van der Waals surface area contributed by atoms with E-state index in [-0.39, 0.29) is 5.91 Å². The van der Waals surface area contributed by atoms with Crippen molar-refractivity contribution >= 4 is 5.91 Å². The Morgan fingerprint density at radius 2 is 1.83 bits per heavy atom. The lowest BCUT2D eigenvalue weighted by atomic mass is 10.1. The number of carbonyl (C=O) groups is 1. The zero-order chi connectivity index (χ0) is 20.6. The second-order valence-corrected chi connectivity index (χ2v) is 6.78. The molecule has 1 amide bonds. The van der Waals surface area contributed by atoms with Crippen LogP contribution < -0.4 is 9.47 Å². The van der Waals surface area contributed by atoms with Gasteiger partial charge in [-0.15, -0.1) is 0 Å². The van der Waals surface area contributed by atoms with Crippen LogP contribution in [0.3, 0.4) is 0 Å². The molecule has 0 spiro atoms. The third kappa shape index (κ3) is 5.38. The normalized spacial score (nSPS) is 10.6. The monoisotopic (exact) mass is 394 g/mol. The van der Waals surface area contributed by atoms with E-state index in [1.165, 1.54) is 0 Å². The highest BCUT2D eigenvalue weighted by molar-refractivity contribution is 5.75. The lowest BCUT2D eigenvalue weighted by Gasteiger charge is -2.18. The predicted octanol–water partition coefficient (Wildman–Crippen LogP) is 4.34. The Hall–Kier alpha value is -3.28. The third-order valence-electron chi connectivity index (χ3n) is 4.69. The van der Waals surface area contributed by atoms with Crippen molar-refractivity contribution in [1.29, 1.82) is 0 Å². The third-order valence-corrected chi connectivity index (χ3v) is 4.69. The van der Waals surface area contributed by atoms with Gasteiger partial charge < -0.3 is 18.8 Å². The van der Waals surface area contributed by atoms with Crippen LogP contribution >= 0.6 is 0 Å². The van der Waals surface area contributed by atoms with Crippen LogP contribution in [0.5, 0.6) is 11.5 Å². The Morgan fingerprint density at radius 3 is 2.55 bits per heavy atom. The van der Waals surface area contributed by atoms with E-state index in [1.807, 2.05) is 48.5 Å². The summed E-state index contributed by atoms with van der Waals surface area (Å²) >= 11 is 0. The Bertz CT molecular complexity index is 937. The van der Waals surface area contributed by atoms with Gasteiger partial charge in [-0.1, -0.05) is 36.4 Å². The number of amides is 1. The highest BCUT2D eigenvalue weighted by atomic mass is 16.5. The SMILES string of the molecule is COc1ccc(CN(C)C(=O)CCCc2ncc(-c3ccccc3)o2)cc1OC. The molecule has 152 valence electrons. The molecule has 0 aliphatic carbocycles. The number of carbonyl (C=O) groups excluding carboxylic acids is 1. The van der Waals surface area contributed by atoms with Crippen molar-refractivity contribution in [3.8, 4) is 22.8 Å². The van der Waals surface area contributed by atoms with Gasteiger partial charge in [0.15, 0.2) is 23.1 Å². The average molecular weight is 394 g/mol. The molecule has 0 fully saturated rings. The van der Waals surface area contributed by atoms with E-state index in [0.717, 1.165) is 16.9 Å². The summed E-state index contributed by atoms with van der Waals surface area (Å²) < 4.78 is 16.4. The summed E-state index contributed by atoms with van der Waals surface area (Å²) in [6.07, 6.45) is 3.48. The molecule has 0 radical (unpaired) electrons. The van der Waals surface area contributed by atoms with Crippen LogP contribution in [0.4, 0.5) is 0 Å². The molecule has 0 atom stereocenters. The first-order valence-electron chi connectivity index (χ1n) is 9.55. The molecule has 29 heavy (non-hydrogen) atoms. The Kier molecular flexibility index (Phi) is 6.89. The molecule has 0 aliphatic rings. The minimum absolute atomic E-state index is 0.0784. The molecule has 1 aromatic heterocycles. The molecule has 0 saturated carbocycles. The molecule has 0 unspecified atom stereocenters. The minimum atomic E-state index is 0.0784. The molecule has 3 aromatic rings. The summed E-state index contributed by atoms with van der Waals surface area (Å²) in [5, 5.41) is 0. The first-order valence-corrected chi connectivity index (χ1v) is 9.55. The lowest BCUT2D eigenvalue weighted by molar-refractivity contribution is -0.130. The topological polar surface area (TPSA) is 64.8 Å². The standard InChI is InChI=1S/C23H26N2O4/c1-25(16-17-12-13-19(27-2)20(14-17)28-3)23(26)11-7-10-22-24-15-21(29-22)18-8-5-4-6-9-18/h4-6,8-9,12-15H,7,10-11,16H2,1-3H3. The van der Waals surface area contributed by atoms with Crippen LogP contribution in [0.15, 0.2) is 59.1 Å². The van der Waals surface area contributed by atoms with Gasteiger partial charge in [-0.3, -0.25) is 4.79 Å². The van der Waals surface area contributed by atoms with Gasteiger partial charge in [-0.2, -0.15) is 0 Å². The van der Waals surface area contributed by atoms with Crippen LogP contribution in [0.25, 0.3) is 11.3 Å². The van der Waals surface area contributed by atoms with Crippen LogP contribution in [0.2, 0.25) is 0 Å². The first kappa shape index (κ1) is 20.5. The van der Waals surface area contributed by atoms with Crippen LogP contribution in [0.1, 0.15) is 24.3 Å². The first-order chi connectivity index (χ1) is 14.1. The largest absolute Gasteiger partial charge is 0.493 e. The van der Waals surface area contributed by atoms with Gasteiger partial charge in [0.25, 0.3) is 0 Å². The molecule has 0 aliphatic heterocycles. The number of ether oxygens (including phenoxy) is 2. The number of aromatic nitrogens is 1. The average Bonchev–Trinajstić information content (AvgIpc) is 3.23. The molecular formula is C23H26N2O4. The quantitative estimate of drug-likeness (QED) is 0.540. The Morgan fingerprint density at radius 1 is 1.07 bits per heavy atom. The molecular weight excluding hydrogens is 368 g/mol. The van der Waals surface area contributed by atoms with Crippen molar-refractivity contribution in [3.63, 3.8) is 0 Å². The fraction of sp³-hybridized carbons (Fsp3) is 0.304. The van der Waals surface area contributed by atoms with Crippen molar-refractivity contribution in [1.82, 2.24) is 9.88 Å². The number of hydrogen-bond acceptors (Lipinski definition) is 5. The molecule has 3 rings (SSSR count). The summed E-state index contributed by atoms with van der Waals surface area (Å²) in [6, 6.07) is 15.5. The van der Waals surface area contributed by atoms with Crippen molar-refractivity contribution in [3.05, 3.63) is 66.2 Å². The lowest BCUT2D eigenvalue weighted by Crippen LogP contribution is -2.26. The minimum Gasteiger partial charge on any atom is -0.493 e. The summed E-state index contributed by atoms with van der Waals surface area (Å²) in [5.74, 6) is 2.81. The van der Waals surface area contributed by atoms with Crippen molar-refractivity contribution < 1.29 is 18.7 Å². The zero-order valence-electron chi connectivity index (χ0n) is 17.1. The van der Waals surface area contributed by atoms with E-state index < -0.39 is 0 Å². The summed E-state index contributed by atoms with van der Waals surface area (Å²) in [7, 11) is 5.00. The van der Waals surface area contributed by atoms with Crippen molar-refractivity contribution in [2.75, 3.05) is 21.3 Å². The number of nitrogens with zero attached hydrogens (tertiary/aromatic N) is 2. The number of oxazole rings is 1.